The van der Waals surface area contributed by atoms with Gasteiger partial charge in [0.25, 0.3) is 0 Å². The van der Waals surface area contributed by atoms with Crippen molar-refractivity contribution in [3.8, 4) is 0 Å². The molecule has 194 valence electrons. The molecule has 5 N–H and O–H groups in total. The summed E-state index contributed by atoms with van der Waals surface area (Å²) in [6.45, 7) is 4.83. The van der Waals surface area contributed by atoms with E-state index < -0.39 is 31.9 Å². The minimum absolute atomic E-state index is 0.00544. The molecule has 0 aliphatic rings. The van der Waals surface area contributed by atoms with Gasteiger partial charge in [0.15, 0.2) is 5.12 Å². The van der Waals surface area contributed by atoms with Crippen LogP contribution in [0, 0.1) is 5.41 Å². The van der Waals surface area contributed by atoms with Crippen LogP contribution in [0.1, 0.15) is 78.6 Å². The maximum atomic E-state index is 12.0. The van der Waals surface area contributed by atoms with Gasteiger partial charge in [-0.25, -0.2) is 4.57 Å². The molecule has 0 rings (SSSR count). The summed E-state index contributed by atoms with van der Waals surface area (Å²) in [7, 11) is -4.72. The number of rotatable bonds is 19. The molecular weight excluding hydrogens is 471 g/mol. The second-order valence-corrected chi connectivity index (χ2v) is 11.0. The Morgan fingerprint density at radius 1 is 0.970 bits per heavy atom. The number of aliphatic hydroxyl groups excluding tert-OH is 1. The fourth-order valence-electron chi connectivity index (χ4n) is 2.82. The lowest BCUT2D eigenvalue weighted by atomic mass is 9.87. The van der Waals surface area contributed by atoms with Crippen molar-refractivity contribution in [3.05, 3.63) is 0 Å². The summed E-state index contributed by atoms with van der Waals surface area (Å²) in [5, 5.41) is 15.3. The topological polar surface area (TPSA) is 162 Å². The molecule has 0 aromatic rings. The van der Waals surface area contributed by atoms with Crippen LogP contribution in [0.25, 0.3) is 0 Å². The Kier molecular flexibility index (Phi) is 16.9. The fraction of sp³-hybridized carbons (Fsp3) is 0.857. The van der Waals surface area contributed by atoms with Crippen molar-refractivity contribution >= 4 is 36.5 Å². The number of hydrogen-bond donors (Lipinski definition) is 5. The lowest BCUT2D eigenvalue weighted by Crippen LogP contribution is -2.46. The number of hydrogen-bond acceptors (Lipinski definition) is 7. The Morgan fingerprint density at radius 3 is 2.18 bits per heavy atom. The number of aliphatic hydroxyl groups is 1. The highest BCUT2D eigenvalue weighted by Crippen LogP contribution is 2.38. The van der Waals surface area contributed by atoms with Crippen LogP contribution >= 0.6 is 19.6 Å². The molecule has 12 heteroatoms. The predicted octanol–water partition coefficient (Wildman–Crippen LogP) is 2.51. The van der Waals surface area contributed by atoms with Crippen molar-refractivity contribution in [2.24, 2.45) is 5.41 Å². The molecule has 0 saturated heterocycles. The molecule has 1 atom stereocenters. The van der Waals surface area contributed by atoms with Crippen LogP contribution in [-0.2, 0) is 23.5 Å². The maximum absolute atomic E-state index is 12.0. The number of thioether (sulfide) groups is 1. The molecule has 0 radical (unpaired) electrons. The quantitative estimate of drug-likeness (QED) is 0.129. The van der Waals surface area contributed by atoms with E-state index in [2.05, 4.69) is 22.1 Å². The Hall–Kier alpha value is -0.970. The molecule has 0 spiro atoms. The molecule has 0 heterocycles. The second-order valence-electron chi connectivity index (χ2n) is 8.64. The number of carbonyl (C=O) groups excluding carboxylic acids is 3. The normalized spacial score (nSPS) is 12.9. The van der Waals surface area contributed by atoms with Crippen molar-refractivity contribution in [2.45, 2.75) is 84.7 Å². The number of phosphoric ester groups is 1. The first kappa shape index (κ1) is 32.0. The van der Waals surface area contributed by atoms with Crippen molar-refractivity contribution in [2.75, 3.05) is 25.4 Å². The lowest BCUT2D eigenvalue weighted by molar-refractivity contribution is -0.137. The third-order valence-electron chi connectivity index (χ3n) is 4.92. The zero-order chi connectivity index (χ0) is 25.3. The molecule has 0 aromatic heterocycles. The van der Waals surface area contributed by atoms with E-state index in [1.165, 1.54) is 57.7 Å². The van der Waals surface area contributed by atoms with E-state index in [1.807, 2.05) is 0 Å². The van der Waals surface area contributed by atoms with Crippen LogP contribution in [0.5, 0.6) is 0 Å². The van der Waals surface area contributed by atoms with Gasteiger partial charge in [-0.3, -0.25) is 18.9 Å². The van der Waals surface area contributed by atoms with E-state index in [9.17, 15) is 24.1 Å². The summed E-state index contributed by atoms with van der Waals surface area (Å²) in [6, 6.07) is 0. The minimum atomic E-state index is -4.72. The Labute approximate surface area is 201 Å². The van der Waals surface area contributed by atoms with Crippen LogP contribution in [0.4, 0.5) is 0 Å². The van der Waals surface area contributed by atoms with Gasteiger partial charge in [-0.1, -0.05) is 71.1 Å². The van der Waals surface area contributed by atoms with E-state index in [0.717, 1.165) is 12.8 Å². The average molecular weight is 513 g/mol. The number of unbranched alkanes of at least 4 members (excludes halogenated alkanes) is 6. The van der Waals surface area contributed by atoms with E-state index >= 15 is 0 Å². The van der Waals surface area contributed by atoms with Gasteiger partial charge in [0.2, 0.25) is 11.8 Å². The molecule has 0 aliphatic carbocycles. The summed E-state index contributed by atoms with van der Waals surface area (Å²) in [5.74, 6) is -0.581. The van der Waals surface area contributed by atoms with Gasteiger partial charge in [0.1, 0.15) is 6.10 Å². The zero-order valence-electron chi connectivity index (χ0n) is 20.0. The van der Waals surface area contributed by atoms with Gasteiger partial charge in [0, 0.05) is 37.1 Å². The Balaban J connectivity index is 3.87. The number of nitrogens with one attached hydrogen (secondary N) is 2. The Morgan fingerprint density at radius 2 is 1.58 bits per heavy atom. The maximum Gasteiger partial charge on any atom is 0.469 e. The van der Waals surface area contributed by atoms with Crippen LogP contribution < -0.4 is 10.6 Å². The third kappa shape index (κ3) is 18.1. The largest absolute Gasteiger partial charge is 0.469 e. The first-order valence-electron chi connectivity index (χ1n) is 11.5. The molecular formula is C21H41N2O8PS. The van der Waals surface area contributed by atoms with Gasteiger partial charge < -0.3 is 25.5 Å². The van der Waals surface area contributed by atoms with Crippen molar-refractivity contribution < 1.29 is 38.4 Å². The van der Waals surface area contributed by atoms with E-state index in [0.29, 0.717) is 18.7 Å². The summed E-state index contributed by atoms with van der Waals surface area (Å²) in [6.07, 6.45) is 7.08. The first-order chi connectivity index (χ1) is 15.4. The van der Waals surface area contributed by atoms with Crippen LogP contribution in [0.3, 0.4) is 0 Å². The smallest absolute Gasteiger partial charge is 0.383 e. The Bertz CT molecular complexity index is 642. The van der Waals surface area contributed by atoms with Crippen LogP contribution in [0.15, 0.2) is 0 Å². The molecule has 10 nitrogen and oxygen atoms in total. The number of phosphoric acid groups is 1. The highest BCUT2D eigenvalue weighted by Gasteiger charge is 2.35. The van der Waals surface area contributed by atoms with Crippen molar-refractivity contribution in [3.63, 3.8) is 0 Å². The molecule has 0 fully saturated rings. The number of carbonyl (C=O) groups is 3. The molecule has 0 saturated carbocycles. The lowest BCUT2D eigenvalue weighted by Gasteiger charge is -2.29. The van der Waals surface area contributed by atoms with Gasteiger partial charge in [0.05, 0.1) is 6.61 Å². The van der Waals surface area contributed by atoms with Gasteiger partial charge in [-0.05, 0) is 6.42 Å². The standard InChI is InChI=1S/C21H41N2O8PS/c1-4-5-6-7-8-9-10-11-18(25)33-15-14-22-17(24)12-13-23-20(27)19(26)21(2,3)16-31-32(28,29)30/h19,26H,4-16H2,1-3H3,(H,22,24)(H,23,27)(H2,28,29,30)/t19-/m1/s1. The second kappa shape index (κ2) is 17.5. The van der Waals surface area contributed by atoms with Crippen molar-refractivity contribution in [1.82, 2.24) is 10.6 Å². The van der Waals surface area contributed by atoms with Gasteiger partial charge >= 0.3 is 7.82 Å². The number of amides is 2. The molecule has 2 amide bonds. The highest BCUT2D eigenvalue weighted by molar-refractivity contribution is 8.13. The molecule has 0 unspecified atom stereocenters. The van der Waals surface area contributed by atoms with Crippen LogP contribution in [-0.4, -0.2) is 63.4 Å². The van der Waals surface area contributed by atoms with Crippen molar-refractivity contribution in [1.29, 1.82) is 0 Å². The SMILES string of the molecule is CCCCCCCCCC(=O)SCCNC(=O)CCNC(=O)[C@@H](O)C(C)(C)COP(=O)(O)O. The fourth-order valence-corrected chi connectivity index (χ4v) is 4.04. The summed E-state index contributed by atoms with van der Waals surface area (Å²) in [5.41, 5.74) is -1.24. The average Bonchev–Trinajstić information content (AvgIpc) is 2.73. The predicted molar refractivity (Wildman–Crippen MR) is 128 cm³/mol. The summed E-state index contributed by atoms with van der Waals surface area (Å²) in [4.78, 5) is 53.2. The highest BCUT2D eigenvalue weighted by atomic mass is 32.2. The zero-order valence-corrected chi connectivity index (χ0v) is 21.7. The molecule has 0 aliphatic heterocycles. The van der Waals surface area contributed by atoms with E-state index in [4.69, 9.17) is 9.79 Å². The summed E-state index contributed by atoms with van der Waals surface area (Å²) < 4.78 is 15.1. The summed E-state index contributed by atoms with van der Waals surface area (Å²) >= 11 is 1.21. The van der Waals surface area contributed by atoms with E-state index in [-0.39, 0.29) is 24.0 Å². The first-order valence-corrected chi connectivity index (χ1v) is 14.0. The van der Waals surface area contributed by atoms with Crippen LogP contribution in [0.2, 0.25) is 0 Å². The third-order valence-corrected chi connectivity index (χ3v) is 6.32. The van der Waals surface area contributed by atoms with E-state index in [1.54, 1.807) is 0 Å². The van der Waals surface area contributed by atoms with Gasteiger partial charge in [-0.2, -0.15) is 0 Å². The molecule has 0 bridgehead atoms. The molecule has 0 aromatic carbocycles. The minimum Gasteiger partial charge on any atom is -0.383 e. The van der Waals surface area contributed by atoms with Gasteiger partial charge in [-0.15, -0.1) is 0 Å². The monoisotopic (exact) mass is 512 g/mol. The molecule has 33 heavy (non-hydrogen) atoms.